The van der Waals surface area contributed by atoms with Gasteiger partial charge in [-0.2, -0.15) is 0 Å². The molecular weight excluding hydrogens is 250 g/mol. The molecule has 0 aliphatic carbocycles. The fraction of sp³-hybridized carbons (Fsp3) is 0.294. The maximum Gasteiger partial charge on any atom is 0.108 e. The molecule has 0 radical (unpaired) electrons. The zero-order valence-corrected chi connectivity index (χ0v) is 11.7. The second-order valence-electron chi connectivity index (χ2n) is 5.54. The maximum absolute atomic E-state index is 12.4. The van der Waals surface area contributed by atoms with Gasteiger partial charge in [-0.1, -0.05) is 54.6 Å². The van der Waals surface area contributed by atoms with Crippen molar-refractivity contribution in [2.24, 2.45) is 0 Å². The molecule has 0 N–H and O–H groups in total. The van der Waals surface area contributed by atoms with Crippen molar-refractivity contribution in [3.63, 3.8) is 0 Å². The molecule has 0 fully saturated rings. The van der Waals surface area contributed by atoms with Gasteiger partial charge < -0.3 is 14.6 Å². The highest BCUT2D eigenvalue weighted by Crippen LogP contribution is 2.31. The van der Waals surface area contributed by atoms with Crippen LogP contribution in [0.25, 0.3) is 0 Å². The van der Waals surface area contributed by atoms with Gasteiger partial charge in [0.25, 0.3) is 0 Å². The van der Waals surface area contributed by atoms with Crippen LogP contribution in [-0.4, -0.2) is 24.8 Å². The maximum atomic E-state index is 12.4. The molecule has 3 heteroatoms. The number of hydroxylamine groups is 3. The first-order valence-electron chi connectivity index (χ1n) is 6.96. The average Bonchev–Trinajstić information content (AvgIpc) is 2.43. The van der Waals surface area contributed by atoms with Crippen LogP contribution in [-0.2, 0) is 11.3 Å². The molecule has 0 saturated carbocycles. The van der Waals surface area contributed by atoms with Crippen LogP contribution < -0.4 is 0 Å². The van der Waals surface area contributed by atoms with Crippen LogP contribution in [0.4, 0.5) is 0 Å². The zero-order valence-electron chi connectivity index (χ0n) is 11.7. The smallest absolute Gasteiger partial charge is 0.108 e. The molecule has 1 aliphatic rings. The molecule has 1 aliphatic heterocycles. The molecule has 0 aromatic heterocycles. The van der Waals surface area contributed by atoms with E-state index in [0.29, 0.717) is 19.7 Å². The Hall–Kier alpha value is -1.68. The summed E-state index contributed by atoms with van der Waals surface area (Å²) in [5.41, 5.74) is 3.33. The Kier molecular flexibility index (Phi) is 3.57. The van der Waals surface area contributed by atoms with Gasteiger partial charge in [0.05, 0.1) is 13.7 Å². The lowest BCUT2D eigenvalue weighted by Crippen LogP contribution is -2.41. The van der Waals surface area contributed by atoms with Crippen LogP contribution in [0.5, 0.6) is 0 Å². The summed E-state index contributed by atoms with van der Waals surface area (Å²) in [6.45, 7) is 1.47. The second-order valence-corrected chi connectivity index (χ2v) is 5.54. The summed E-state index contributed by atoms with van der Waals surface area (Å²) >= 11 is 0. The second kappa shape index (κ2) is 5.37. The van der Waals surface area contributed by atoms with Crippen LogP contribution in [0.1, 0.15) is 22.8 Å². The molecule has 20 heavy (non-hydrogen) atoms. The van der Waals surface area contributed by atoms with E-state index in [4.69, 9.17) is 4.74 Å². The number of likely N-dealkylation sites (N-methyl/N-ethyl adjacent to an activating group) is 1. The lowest BCUT2D eigenvalue weighted by atomic mass is 9.95. The van der Waals surface area contributed by atoms with Crippen LogP contribution in [0.3, 0.4) is 0 Å². The molecule has 104 valence electrons. The van der Waals surface area contributed by atoms with Gasteiger partial charge >= 0.3 is 0 Å². The molecule has 2 aromatic rings. The third-order valence-electron chi connectivity index (χ3n) is 3.79. The normalized spacial score (nSPS) is 26.4. The van der Waals surface area contributed by atoms with Crippen molar-refractivity contribution in [1.82, 2.24) is 0 Å². The molecule has 0 unspecified atom stereocenters. The van der Waals surface area contributed by atoms with Crippen molar-refractivity contribution < 1.29 is 9.38 Å². The highest BCUT2D eigenvalue weighted by Gasteiger charge is 2.24. The predicted octanol–water partition coefficient (Wildman–Crippen LogP) is 3.25. The fourth-order valence-electron chi connectivity index (χ4n) is 2.73. The molecule has 3 nitrogen and oxygen atoms in total. The highest BCUT2D eigenvalue weighted by atomic mass is 16.6. The Morgan fingerprint density at radius 1 is 1.05 bits per heavy atom. The van der Waals surface area contributed by atoms with E-state index in [9.17, 15) is 5.21 Å². The lowest BCUT2D eigenvalue weighted by Gasteiger charge is -2.41. The van der Waals surface area contributed by atoms with Gasteiger partial charge in [-0.3, -0.25) is 0 Å². The number of ether oxygens (including phenoxy) is 1. The topological polar surface area (TPSA) is 32.3 Å². The number of hydrogen-bond donors (Lipinski definition) is 0. The lowest BCUT2D eigenvalue weighted by molar-refractivity contribution is -0.875. The van der Waals surface area contributed by atoms with Crippen molar-refractivity contribution in [3.05, 3.63) is 76.5 Å². The molecule has 2 atom stereocenters. The Labute approximate surface area is 119 Å². The molecule has 0 amide bonds. The largest absolute Gasteiger partial charge is 0.633 e. The summed E-state index contributed by atoms with van der Waals surface area (Å²) in [6.07, 6.45) is -0.0762. The molecule has 0 bridgehead atoms. The number of rotatable bonds is 1. The summed E-state index contributed by atoms with van der Waals surface area (Å²) in [5, 5.41) is 12.4. The van der Waals surface area contributed by atoms with Gasteiger partial charge in [0.2, 0.25) is 0 Å². The van der Waals surface area contributed by atoms with Crippen LogP contribution in [0, 0.1) is 5.21 Å². The van der Waals surface area contributed by atoms with Gasteiger partial charge in [-0.15, -0.1) is 0 Å². The summed E-state index contributed by atoms with van der Waals surface area (Å²) in [5.74, 6) is 0. The van der Waals surface area contributed by atoms with Gasteiger partial charge in [0.15, 0.2) is 0 Å². The van der Waals surface area contributed by atoms with Crippen molar-refractivity contribution >= 4 is 0 Å². The van der Waals surface area contributed by atoms with E-state index < -0.39 is 0 Å². The minimum atomic E-state index is -0.279. The Balaban J connectivity index is 2.05. The first kappa shape index (κ1) is 13.3. The monoisotopic (exact) mass is 269 g/mol. The zero-order chi connectivity index (χ0) is 14.0. The molecule has 1 heterocycles. The first-order valence-corrected chi connectivity index (χ1v) is 6.96. The standard InChI is InChI=1S/C17H19NO2/c1-18(19)11-12-20-17(14-7-3-2-4-8-14)16-10-6-5-9-15(16)13-18/h2-10,17H,11-13H2,1H3/t17-,18-/m0/s1. The predicted molar refractivity (Wildman–Crippen MR) is 78.8 cm³/mol. The molecular formula is C17H19NO2. The van der Waals surface area contributed by atoms with Crippen molar-refractivity contribution in [2.75, 3.05) is 20.2 Å². The van der Waals surface area contributed by atoms with E-state index in [1.807, 2.05) is 36.4 Å². The Bertz CT molecular complexity index is 581. The molecule has 0 spiro atoms. The van der Waals surface area contributed by atoms with Gasteiger partial charge in [-0.05, 0) is 11.1 Å². The third-order valence-corrected chi connectivity index (χ3v) is 3.79. The molecule has 0 saturated heterocycles. The van der Waals surface area contributed by atoms with Gasteiger partial charge in [-0.25, -0.2) is 0 Å². The number of fused-ring (bicyclic) bond motifs is 1. The quantitative estimate of drug-likeness (QED) is 0.588. The van der Waals surface area contributed by atoms with Crippen molar-refractivity contribution in [3.8, 4) is 0 Å². The summed E-state index contributed by atoms with van der Waals surface area (Å²) < 4.78 is 5.74. The van der Waals surface area contributed by atoms with Gasteiger partial charge in [0.1, 0.15) is 19.2 Å². The van der Waals surface area contributed by atoms with Crippen LogP contribution >= 0.6 is 0 Å². The number of quaternary nitrogens is 1. The summed E-state index contributed by atoms with van der Waals surface area (Å²) in [6, 6.07) is 18.3. The van der Waals surface area contributed by atoms with Crippen LogP contribution in [0.15, 0.2) is 54.6 Å². The molecule has 3 rings (SSSR count). The van der Waals surface area contributed by atoms with E-state index in [1.54, 1.807) is 7.05 Å². The van der Waals surface area contributed by atoms with Crippen LogP contribution in [0.2, 0.25) is 0 Å². The summed E-state index contributed by atoms with van der Waals surface area (Å²) in [7, 11) is 1.71. The summed E-state index contributed by atoms with van der Waals surface area (Å²) in [4.78, 5) is 0. The minimum Gasteiger partial charge on any atom is -0.633 e. The Morgan fingerprint density at radius 3 is 2.55 bits per heavy atom. The van der Waals surface area contributed by atoms with Gasteiger partial charge in [0, 0.05) is 5.56 Å². The van der Waals surface area contributed by atoms with E-state index in [-0.39, 0.29) is 10.8 Å². The van der Waals surface area contributed by atoms with Crippen molar-refractivity contribution in [2.45, 2.75) is 12.6 Å². The average molecular weight is 269 g/mol. The SMILES string of the molecule is C[N@+]1([O-])CCO[C@@H](c2ccccc2)c2ccccc2C1. The van der Waals surface area contributed by atoms with Crippen molar-refractivity contribution in [1.29, 1.82) is 0 Å². The third kappa shape index (κ3) is 2.75. The highest BCUT2D eigenvalue weighted by molar-refractivity contribution is 5.36. The van der Waals surface area contributed by atoms with E-state index >= 15 is 0 Å². The van der Waals surface area contributed by atoms with E-state index in [0.717, 1.165) is 16.7 Å². The Morgan fingerprint density at radius 2 is 1.75 bits per heavy atom. The number of hydrogen-bond acceptors (Lipinski definition) is 2. The minimum absolute atomic E-state index is 0.0762. The number of benzene rings is 2. The first-order chi connectivity index (χ1) is 9.66. The number of nitrogens with zero attached hydrogens (tertiary/aromatic N) is 1. The van der Waals surface area contributed by atoms with E-state index in [2.05, 4.69) is 18.2 Å². The fourth-order valence-corrected chi connectivity index (χ4v) is 2.73. The molecule has 2 aromatic carbocycles. The van der Waals surface area contributed by atoms with E-state index in [1.165, 1.54) is 0 Å².